The average Bonchev–Trinajstić information content (AvgIpc) is 2.03. The van der Waals surface area contributed by atoms with Crippen LogP contribution in [0.5, 0.6) is 0 Å². The highest BCUT2D eigenvalue weighted by Crippen LogP contribution is 2.17. The Morgan fingerprint density at radius 2 is 2.36 bits per heavy atom. The average molecular weight is 158 g/mol. The summed E-state index contributed by atoms with van der Waals surface area (Å²) in [5.74, 6) is 0.652. The molecule has 1 atom stereocenters. The molecular weight excluding hydrogens is 140 g/mol. The van der Waals surface area contributed by atoms with E-state index in [1.807, 2.05) is 0 Å². The minimum Gasteiger partial charge on any atom is -0.381 e. The summed E-state index contributed by atoms with van der Waals surface area (Å²) in [6.45, 7) is 1.78. The van der Waals surface area contributed by atoms with E-state index < -0.39 is 0 Å². The van der Waals surface area contributed by atoms with Crippen LogP contribution in [0, 0.1) is 5.92 Å². The van der Waals surface area contributed by atoms with Crippen molar-refractivity contribution in [2.45, 2.75) is 33.1 Å². The van der Waals surface area contributed by atoms with E-state index in [2.05, 4.69) is 0 Å². The number of carbonyl (C=O) groups excluding carboxylic acids is 1. The molecule has 0 aromatic rings. The molecule has 0 aromatic carbocycles. The standard InChI is InChI=1S/C8H14O2.CH4/c9-5-1-3-8-4-2-6-10-7-8;/h5,8H,1-4,6-7H2;1H4/t8-;/m0./s1. The van der Waals surface area contributed by atoms with Gasteiger partial charge in [0.15, 0.2) is 0 Å². The van der Waals surface area contributed by atoms with Crippen LogP contribution in [0.25, 0.3) is 0 Å². The quantitative estimate of drug-likeness (QED) is 0.587. The maximum absolute atomic E-state index is 10.0. The van der Waals surface area contributed by atoms with Gasteiger partial charge in [-0.3, -0.25) is 0 Å². The second kappa shape index (κ2) is 6.35. The van der Waals surface area contributed by atoms with Crippen molar-refractivity contribution in [2.24, 2.45) is 5.92 Å². The van der Waals surface area contributed by atoms with Gasteiger partial charge in [0.05, 0.1) is 0 Å². The monoisotopic (exact) mass is 158 g/mol. The van der Waals surface area contributed by atoms with E-state index in [9.17, 15) is 4.79 Å². The first-order valence-corrected chi connectivity index (χ1v) is 3.95. The summed E-state index contributed by atoms with van der Waals surface area (Å²) in [5.41, 5.74) is 0. The number of rotatable bonds is 3. The molecule has 2 heteroatoms. The highest BCUT2D eigenvalue weighted by atomic mass is 16.5. The van der Waals surface area contributed by atoms with E-state index in [1.165, 1.54) is 12.8 Å². The molecule has 1 saturated heterocycles. The number of hydrogen-bond donors (Lipinski definition) is 0. The zero-order valence-electron chi connectivity index (χ0n) is 6.21. The third-order valence-corrected chi connectivity index (χ3v) is 1.95. The summed E-state index contributed by atoms with van der Waals surface area (Å²) in [7, 11) is 0. The lowest BCUT2D eigenvalue weighted by Crippen LogP contribution is -2.16. The van der Waals surface area contributed by atoms with Crippen LogP contribution in [0.2, 0.25) is 0 Å². The van der Waals surface area contributed by atoms with E-state index >= 15 is 0 Å². The summed E-state index contributed by atoms with van der Waals surface area (Å²) in [6, 6.07) is 0. The highest BCUT2D eigenvalue weighted by molar-refractivity contribution is 5.49. The van der Waals surface area contributed by atoms with Gasteiger partial charge in [-0.25, -0.2) is 0 Å². The summed E-state index contributed by atoms with van der Waals surface area (Å²) in [5, 5.41) is 0. The Bertz CT molecular complexity index is 95.7. The predicted molar refractivity (Wildman–Crippen MR) is 45.6 cm³/mol. The van der Waals surface area contributed by atoms with Gasteiger partial charge < -0.3 is 9.53 Å². The number of hydrogen-bond acceptors (Lipinski definition) is 2. The molecule has 1 fully saturated rings. The van der Waals surface area contributed by atoms with E-state index in [4.69, 9.17) is 4.74 Å². The summed E-state index contributed by atoms with van der Waals surface area (Å²) in [4.78, 5) is 10.0. The van der Waals surface area contributed by atoms with Crippen LogP contribution in [-0.2, 0) is 9.53 Å². The Hall–Kier alpha value is -0.370. The molecule has 1 aliphatic rings. The van der Waals surface area contributed by atoms with Gasteiger partial charge in [-0.05, 0) is 25.2 Å². The SMILES string of the molecule is C.O=CCC[C@H]1CCCOC1. The van der Waals surface area contributed by atoms with Crippen LogP contribution in [0.15, 0.2) is 0 Å². The van der Waals surface area contributed by atoms with Crippen molar-refractivity contribution < 1.29 is 9.53 Å². The lowest BCUT2D eigenvalue weighted by atomic mass is 9.97. The molecular formula is C9H18O2. The molecule has 1 aliphatic heterocycles. The molecule has 66 valence electrons. The van der Waals surface area contributed by atoms with Gasteiger partial charge in [0.2, 0.25) is 0 Å². The largest absolute Gasteiger partial charge is 0.381 e. The minimum absolute atomic E-state index is 0. The molecule has 1 heterocycles. The predicted octanol–water partition coefficient (Wildman–Crippen LogP) is 2.03. The Morgan fingerprint density at radius 1 is 1.55 bits per heavy atom. The van der Waals surface area contributed by atoms with Crippen LogP contribution in [0.1, 0.15) is 33.1 Å². The fourth-order valence-corrected chi connectivity index (χ4v) is 1.34. The maximum atomic E-state index is 10.0. The molecule has 0 bridgehead atoms. The van der Waals surface area contributed by atoms with Crippen molar-refractivity contribution in [3.05, 3.63) is 0 Å². The van der Waals surface area contributed by atoms with Crippen LogP contribution in [-0.4, -0.2) is 19.5 Å². The Balaban J connectivity index is 0.000001000. The number of aldehydes is 1. The van der Waals surface area contributed by atoms with Crippen LogP contribution in [0.3, 0.4) is 0 Å². The van der Waals surface area contributed by atoms with Gasteiger partial charge in [0.25, 0.3) is 0 Å². The molecule has 11 heavy (non-hydrogen) atoms. The third-order valence-electron chi connectivity index (χ3n) is 1.95. The highest BCUT2D eigenvalue weighted by Gasteiger charge is 2.12. The topological polar surface area (TPSA) is 26.3 Å². The molecule has 0 unspecified atom stereocenters. The number of ether oxygens (including phenoxy) is 1. The van der Waals surface area contributed by atoms with E-state index in [-0.39, 0.29) is 7.43 Å². The first kappa shape index (κ1) is 10.6. The van der Waals surface area contributed by atoms with Crippen LogP contribution in [0.4, 0.5) is 0 Å². The molecule has 2 nitrogen and oxygen atoms in total. The normalized spacial score (nSPS) is 23.8. The minimum atomic E-state index is 0. The zero-order valence-corrected chi connectivity index (χ0v) is 6.21. The molecule has 1 rings (SSSR count). The van der Waals surface area contributed by atoms with Crippen molar-refractivity contribution in [1.29, 1.82) is 0 Å². The van der Waals surface area contributed by atoms with E-state index in [0.29, 0.717) is 12.3 Å². The van der Waals surface area contributed by atoms with E-state index in [0.717, 1.165) is 25.9 Å². The fourth-order valence-electron chi connectivity index (χ4n) is 1.34. The zero-order chi connectivity index (χ0) is 7.23. The van der Waals surface area contributed by atoms with Gasteiger partial charge in [0, 0.05) is 19.6 Å². The van der Waals surface area contributed by atoms with E-state index in [1.54, 1.807) is 0 Å². The van der Waals surface area contributed by atoms with Crippen molar-refractivity contribution in [1.82, 2.24) is 0 Å². The summed E-state index contributed by atoms with van der Waals surface area (Å²) in [6.07, 6.45) is 5.13. The second-order valence-corrected chi connectivity index (χ2v) is 2.83. The molecule has 0 aromatic heterocycles. The van der Waals surface area contributed by atoms with Gasteiger partial charge in [-0.2, -0.15) is 0 Å². The van der Waals surface area contributed by atoms with Crippen molar-refractivity contribution in [2.75, 3.05) is 13.2 Å². The Labute approximate surface area is 68.9 Å². The Morgan fingerprint density at radius 3 is 2.91 bits per heavy atom. The van der Waals surface area contributed by atoms with Crippen LogP contribution >= 0.6 is 0 Å². The molecule has 0 aliphatic carbocycles. The third kappa shape index (κ3) is 4.14. The van der Waals surface area contributed by atoms with Crippen molar-refractivity contribution in [3.63, 3.8) is 0 Å². The first-order chi connectivity index (χ1) is 4.93. The summed E-state index contributed by atoms with van der Waals surface area (Å²) >= 11 is 0. The Kier molecular flexibility index (Phi) is 6.13. The lowest BCUT2D eigenvalue weighted by Gasteiger charge is -2.20. The molecule has 0 saturated carbocycles. The van der Waals surface area contributed by atoms with Crippen LogP contribution < -0.4 is 0 Å². The second-order valence-electron chi connectivity index (χ2n) is 2.83. The van der Waals surface area contributed by atoms with Gasteiger partial charge >= 0.3 is 0 Å². The lowest BCUT2D eigenvalue weighted by molar-refractivity contribution is -0.108. The molecule has 0 amide bonds. The van der Waals surface area contributed by atoms with Gasteiger partial charge in [-0.1, -0.05) is 7.43 Å². The van der Waals surface area contributed by atoms with Crippen molar-refractivity contribution >= 4 is 6.29 Å². The molecule has 0 radical (unpaired) electrons. The first-order valence-electron chi connectivity index (χ1n) is 3.95. The summed E-state index contributed by atoms with van der Waals surface area (Å²) < 4.78 is 5.26. The smallest absolute Gasteiger partial charge is 0.120 e. The fraction of sp³-hybridized carbons (Fsp3) is 0.889. The molecule has 0 spiro atoms. The van der Waals surface area contributed by atoms with Gasteiger partial charge in [0.1, 0.15) is 6.29 Å². The molecule has 0 N–H and O–H groups in total. The number of carbonyl (C=O) groups is 1. The van der Waals surface area contributed by atoms with Gasteiger partial charge in [-0.15, -0.1) is 0 Å². The maximum Gasteiger partial charge on any atom is 0.120 e. The van der Waals surface area contributed by atoms with Crippen molar-refractivity contribution in [3.8, 4) is 0 Å².